The quantitative estimate of drug-likeness (QED) is 0.773. The molecule has 0 heterocycles. The highest BCUT2D eigenvalue weighted by Gasteiger charge is 2.13. The molecule has 0 saturated carbocycles. The standard InChI is InChI=1S/C12H17NO2/c1-8-5-6-9(2)11(7-8)13-10(3)12(14)15-4/h5-7,10,13H,1-4H3. The SMILES string of the molecule is COC(=O)C(C)Nc1cc(C)ccc1C. The van der Waals surface area contributed by atoms with E-state index in [2.05, 4.69) is 10.1 Å². The highest BCUT2D eigenvalue weighted by molar-refractivity contribution is 5.79. The van der Waals surface area contributed by atoms with Gasteiger partial charge in [0, 0.05) is 5.69 Å². The number of carbonyl (C=O) groups excluding carboxylic acids is 1. The third-order valence-corrected chi connectivity index (χ3v) is 2.32. The van der Waals surface area contributed by atoms with E-state index < -0.39 is 0 Å². The van der Waals surface area contributed by atoms with Crippen molar-refractivity contribution in [1.82, 2.24) is 0 Å². The van der Waals surface area contributed by atoms with Gasteiger partial charge in [-0.2, -0.15) is 0 Å². The molecule has 0 bridgehead atoms. The van der Waals surface area contributed by atoms with E-state index in [1.54, 1.807) is 6.92 Å². The summed E-state index contributed by atoms with van der Waals surface area (Å²) in [5.74, 6) is -0.254. The lowest BCUT2D eigenvalue weighted by Gasteiger charge is -2.15. The van der Waals surface area contributed by atoms with Gasteiger partial charge in [0.1, 0.15) is 6.04 Å². The maximum atomic E-state index is 11.2. The number of aryl methyl sites for hydroxylation is 2. The van der Waals surface area contributed by atoms with Crippen molar-refractivity contribution in [2.24, 2.45) is 0 Å². The molecule has 1 aromatic carbocycles. The van der Waals surface area contributed by atoms with Gasteiger partial charge in [0.25, 0.3) is 0 Å². The van der Waals surface area contributed by atoms with Crippen LogP contribution in [0.3, 0.4) is 0 Å². The summed E-state index contributed by atoms with van der Waals surface area (Å²) in [6, 6.07) is 5.77. The number of benzene rings is 1. The molecular weight excluding hydrogens is 190 g/mol. The molecule has 0 radical (unpaired) electrons. The van der Waals surface area contributed by atoms with Gasteiger partial charge in [0.2, 0.25) is 0 Å². The number of rotatable bonds is 3. The zero-order valence-electron chi connectivity index (χ0n) is 9.63. The van der Waals surface area contributed by atoms with Gasteiger partial charge in [-0.1, -0.05) is 12.1 Å². The highest BCUT2D eigenvalue weighted by Crippen LogP contribution is 2.17. The van der Waals surface area contributed by atoms with Crippen molar-refractivity contribution < 1.29 is 9.53 Å². The Kier molecular flexibility index (Phi) is 3.72. The molecule has 0 saturated heterocycles. The fourth-order valence-corrected chi connectivity index (χ4v) is 1.36. The molecule has 0 aliphatic heterocycles. The molecule has 0 aliphatic rings. The van der Waals surface area contributed by atoms with E-state index in [1.807, 2.05) is 32.0 Å². The van der Waals surface area contributed by atoms with E-state index in [0.717, 1.165) is 11.3 Å². The number of esters is 1. The van der Waals surface area contributed by atoms with Crippen molar-refractivity contribution >= 4 is 11.7 Å². The molecule has 0 spiro atoms. The number of methoxy groups -OCH3 is 1. The predicted molar refractivity (Wildman–Crippen MR) is 61.0 cm³/mol. The Hall–Kier alpha value is -1.51. The third-order valence-electron chi connectivity index (χ3n) is 2.32. The molecule has 1 N–H and O–H groups in total. The van der Waals surface area contributed by atoms with Gasteiger partial charge in [-0.15, -0.1) is 0 Å². The summed E-state index contributed by atoms with van der Waals surface area (Å²) < 4.78 is 4.65. The first kappa shape index (κ1) is 11.6. The van der Waals surface area contributed by atoms with Crippen LogP contribution in [-0.2, 0) is 9.53 Å². The van der Waals surface area contributed by atoms with E-state index in [9.17, 15) is 4.79 Å². The molecule has 1 atom stereocenters. The minimum Gasteiger partial charge on any atom is -0.467 e. The van der Waals surface area contributed by atoms with Crippen molar-refractivity contribution in [2.45, 2.75) is 26.8 Å². The first-order valence-corrected chi connectivity index (χ1v) is 4.96. The summed E-state index contributed by atoms with van der Waals surface area (Å²) in [5, 5.41) is 3.13. The van der Waals surface area contributed by atoms with Crippen molar-refractivity contribution in [2.75, 3.05) is 12.4 Å². The summed E-state index contributed by atoms with van der Waals surface area (Å²) in [6.07, 6.45) is 0. The van der Waals surface area contributed by atoms with Crippen molar-refractivity contribution in [3.63, 3.8) is 0 Å². The van der Waals surface area contributed by atoms with Gasteiger partial charge in [-0.25, -0.2) is 4.79 Å². The second-order valence-electron chi connectivity index (χ2n) is 3.71. The van der Waals surface area contributed by atoms with Gasteiger partial charge in [0.15, 0.2) is 0 Å². The summed E-state index contributed by atoms with van der Waals surface area (Å²) in [5.41, 5.74) is 3.27. The van der Waals surface area contributed by atoms with Crippen LogP contribution < -0.4 is 5.32 Å². The van der Waals surface area contributed by atoms with Crippen LogP contribution in [0.25, 0.3) is 0 Å². The lowest BCUT2D eigenvalue weighted by Crippen LogP contribution is -2.27. The van der Waals surface area contributed by atoms with Crippen LogP contribution in [0, 0.1) is 13.8 Å². The van der Waals surface area contributed by atoms with Gasteiger partial charge >= 0.3 is 5.97 Å². The maximum absolute atomic E-state index is 11.2. The molecule has 0 aliphatic carbocycles. The Labute approximate surface area is 90.4 Å². The second kappa shape index (κ2) is 4.82. The van der Waals surface area contributed by atoms with Crippen molar-refractivity contribution in [3.05, 3.63) is 29.3 Å². The molecule has 0 amide bonds. The largest absolute Gasteiger partial charge is 0.467 e. The summed E-state index contributed by atoms with van der Waals surface area (Å²) in [6.45, 7) is 5.81. The summed E-state index contributed by atoms with van der Waals surface area (Å²) >= 11 is 0. The molecule has 1 rings (SSSR count). The van der Waals surface area contributed by atoms with Gasteiger partial charge < -0.3 is 10.1 Å². The fourth-order valence-electron chi connectivity index (χ4n) is 1.36. The lowest BCUT2D eigenvalue weighted by atomic mass is 10.1. The zero-order valence-corrected chi connectivity index (χ0v) is 9.63. The third kappa shape index (κ3) is 2.98. The second-order valence-corrected chi connectivity index (χ2v) is 3.71. The Bertz CT molecular complexity index is 361. The van der Waals surface area contributed by atoms with Crippen LogP contribution in [0.4, 0.5) is 5.69 Å². The zero-order chi connectivity index (χ0) is 11.4. The number of ether oxygens (including phenoxy) is 1. The van der Waals surface area contributed by atoms with Crippen LogP contribution >= 0.6 is 0 Å². The fraction of sp³-hybridized carbons (Fsp3) is 0.417. The normalized spacial score (nSPS) is 12.0. The average molecular weight is 207 g/mol. The Morgan fingerprint density at radius 1 is 1.40 bits per heavy atom. The number of carbonyl (C=O) groups is 1. The van der Waals surface area contributed by atoms with Crippen LogP contribution in [0.2, 0.25) is 0 Å². The van der Waals surface area contributed by atoms with Gasteiger partial charge in [-0.05, 0) is 38.0 Å². The van der Waals surface area contributed by atoms with Crippen molar-refractivity contribution in [3.8, 4) is 0 Å². The van der Waals surface area contributed by atoms with Gasteiger partial charge in [-0.3, -0.25) is 0 Å². The molecule has 3 heteroatoms. The van der Waals surface area contributed by atoms with E-state index in [0.29, 0.717) is 0 Å². The predicted octanol–water partition coefficient (Wildman–Crippen LogP) is 2.28. The van der Waals surface area contributed by atoms with E-state index in [-0.39, 0.29) is 12.0 Å². The maximum Gasteiger partial charge on any atom is 0.327 e. The molecule has 3 nitrogen and oxygen atoms in total. The molecule has 0 aromatic heterocycles. The molecule has 1 unspecified atom stereocenters. The molecular formula is C12H17NO2. The number of anilines is 1. The Morgan fingerprint density at radius 3 is 2.67 bits per heavy atom. The number of hydrogen-bond acceptors (Lipinski definition) is 3. The number of hydrogen-bond donors (Lipinski definition) is 1. The highest BCUT2D eigenvalue weighted by atomic mass is 16.5. The van der Waals surface area contributed by atoms with Crippen LogP contribution in [0.15, 0.2) is 18.2 Å². The van der Waals surface area contributed by atoms with Crippen LogP contribution in [-0.4, -0.2) is 19.1 Å². The monoisotopic (exact) mass is 207 g/mol. The van der Waals surface area contributed by atoms with Crippen molar-refractivity contribution in [1.29, 1.82) is 0 Å². The van der Waals surface area contributed by atoms with Crippen LogP contribution in [0.5, 0.6) is 0 Å². The van der Waals surface area contributed by atoms with E-state index in [4.69, 9.17) is 0 Å². The molecule has 15 heavy (non-hydrogen) atoms. The topological polar surface area (TPSA) is 38.3 Å². The van der Waals surface area contributed by atoms with E-state index in [1.165, 1.54) is 12.7 Å². The Balaban J connectivity index is 2.80. The van der Waals surface area contributed by atoms with Crippen LogP contribution in [0.1, 0.15) is 18.1 Å². The Morgan fingerprint density at radius 2 is 2.07 bits per heavy atom. The minimum absolute atomic E-state index is 0.254. The first-order valence-electron chi connectivity index (χ1n) is 4.96. The summed E-state index contributed by atoms with van der Waals surface area (Å²) in [4.78, 5) is 11.2. The summed E-state index contributed by atoms with van der Waals surface area (Å²) in [7, 11) is 1.39. The molecule has 0 fully saturated rings. The van der Waals surface area contributed by atoms with Gasteiger partial charge in [0.05, 0.1) is 7.11 Å². The number of nitrogens with one attached hydrogen (secondary N) is 1. The average Bonchev–Trinajstić information content (AvgIpc) is 2.22. The smallest absolute Gasteiger partial charge is 0.327 e. The first-order chi connectivity index (χ1) is 7.04. The lowest BCUT2D eigenvalue weighted by molar-refractivity contribution is -0.141. The molecule has 1 aromatic rings. The molecule has 82 valence electrons. The minimum atomic E-state index is -0.324. The van der Waals surface area contributed by atoms with E-state index >= 15 is 0 Å².